The third kappa shape index (κ3) is 1.62. The molecular formula is C15H21IO3. The van der Waals surface area contributed by atoms with Crippen molar-refractivity contribution in [1.82, 2.24) is 0 Å². The van der Waals surface area contributed by atoms with Gasteiger partial charge in [0.1, 0.15) is 5.60 Å². The second kappa shape index (κ2) is 3.87. The molecular weight excluding hydrogens is 355 g/mol. The van der Waals surface area contributed by atoms with Gasteiger partial charge in [-0.1, -0.05) is 22.6 Å². The van der Waals surface area contributed by atoms with Gasteiger partial charge in [-0.05, 0) is 56.8 Å². The number of carbonyl (C=O) groups excluding carboxylic acids is 1. The standard InChI is InChI=1S/C15H21IO3/c1-14-3-2-10-11(16)7-8(17)6-9(13(18)19-14)12(14)15(10)4-5-15/h8-12,17H,2-7H2,1H3/t8-,9-,10?,11?,12?,14+/m1/s1. The number of esters is 1. The van der Waals surface area contributed by atoms with Gasteiger partial charge in [0.25, 0.3) is 0 Å². The molecule has 106 valence electrons. The number of aliphatic hydroxyl groups excluding tert-OH is 1. The smallest absolute Gasteiger partial charge is 0.310 e. The van der Waals surface area contributed by atoms with Crippen molar-refractivity contribution in [3.05, 3.63) is 0 Å². The van der Waals surface area contributed by atoms with Crippen LogP contribution >= 0.6 is 22.6 Å². The van der Waals surface area contributed by atoms with Gasteiger partial charge < -0.3 is 9.84 Å². The molecule has 6 atom stereocenters. The highest BCUT2D eigenvalue weighted by Gasteiger charge is 2.71. The van der Waals surface area contributed by atoms with Crippen molar-refractivity contribution in [3.63, 3.8) is 0 Å². The molecule has 0 aromatic rings. The molecule has 4 fully saturated rings. The minimum atomic E-state index is -0.332. The SMILES string of the molecule is C[C@@]12CCC3C(I)C[C@H](O)C[C@@H](C(=O)O1)C2C31CC1. The van der Waals surface area contributed by atoms with Gasteiger partial charge in [-0.2, -0.15) is 0 Å². The molecule has 1 heterocycles. The van der Waals surface area contributed by atoms with Crippen molar-refractivity contribution >= 4 is 28.6 Å². The van der Waals surface area contributed by atoms with Crippen molar-refractivity contribution < 1.29 is 14.6 Å². The fourth-order valence-corrected chi connectivity index (χ4v) is 7.18. The Balaban J connectivity index is 1.81. The molecule has 3 aliphatic carbocycles. The monoisotopic (exact) mass is 376 g/mol. The summed E-state index contributed by atoms with van der Waals surface area (Å²) in [6.07, 6.45) is 5.84. The van der Waals surface area contributed by atoms with Gasteiger partial charge in [0.05, 0.1) is 12.0 Å². The number of carbonyl (C=O) groups is 1. The first-order valence-electron chi connectivity index (χ1n) is 7.51. The maximum atomic E-state index is 12.3. The normalized spacial score (nSPS) is 54.5. The lowest BCUT2D eigenvalue weighted by Gasteiger charge is -2.49. The third-order valence-corrected chi connectivity index (χ3v) is 7.67. The highest BCUT2D eigenvalue weighted by Crippen LogP contribution is 2.71. The fourth-order valence-electron chi connectivity index (χ4n) is 5.52. The second-order valence-electron chi connectivity index (χ2n) is 7.34. The van der Waals surface area contributed by atoms with Gasteiger partial charge in [-0.15, -0.1) is 0 Å². The maximum absolute atomic E-state index is 12.3. The molecule has 0 aromatic carbocycles. The van der Waals surface area contributed by atoms with Crippen LogP contribution in [-0.4, -0.2) is 26.7 Å². The predicted molar refractivity (Wildman–Crippen MR) is 78.9 cm³/mol. The van der Waals surface area contributed by atoms with E-state index in [1.165, 1.54) is 12.8 Å². The lowest BCUT2D eigenvalue weighted by molar-refractivity contribution is -0.152. The molecule has 4 rings (SSSR count). The molecule has 0 amide bonds. The van der Waals surface area contributed by atoms with E-state index in [-0.39, 0.29) is 23.6 Å². The minimum Gasteiger partial charge on any atom is -0.459 e. The summed E-state index contributed by atoms with van der Waals surface area (Å²) < 4.78 is 6.35. The number of halogens is 1. The Bertz CT molecular complexity index is 433. The van der Waals surface area contributed by atoms with Gasteiger partial charge >= 0.3 is 5.97 Å². The van der Waals surface area contributed by atoms with E-state index in [1.54, 1.807) is 0 Å². The quantitative estimate of drug-likeness (QED) is 0.402. The molecule has 19 heavy (non-hydrogen) atoms. The summed E-state index contributed by atoms with van der Waals surface area (Å²) >= 11 is 2.54. The molecule has 2 bridgehead atoms. The summed E-state index contributed by atoms with van der Waals surface area (Å²) in [5, 5.41) is 10.2. The largest absolute Gasteiger partial charge is 0.459 e. The van der Waals surface area contributed by atoms with Crippen molar-refractivity contribution in [2.45, 2.75) is 61.1 Å². The number of hydrogen-bond acceptors (Lipinski definition) is 3. The topological polar surface area (TPSA) is 46.5 Å². The van der Waals surface area contributed by atoms with E-state index < -0.39 is 0 Å². The molecule has 3 nitrogen and oxygen atoms in total. The molecule has 1 aliphatic heterocycles. The summed E-state index contributed by atoms with van der Waals surface area (Å²) in [5.74, 6) is 0.955. The summed E-state index contributed by atoms with van der Waals surface area (Å²) in [4.78, 5) is 12.3. The highest BCUT2D eigenvalue weighted by molar-refractivity contribution is 14.1. The van der Waals surface area contributed by atoms with E-state index in [1.807, 2.05) is 0 Å². The van der Waals surface area contributed by atoms with Crippen LogP contribution in [0.15, 0.2) is 0 Å². The van der Waals surface area contributed by atoms with Crippen LogP contribution in [0.1, 0.15) is 45.4 Å². The molecule has 1 N–H and O–H groups in total. The van der Waals surface area contributed by atoms with Crippen molar-refractivity contribution in [1.29, 1.82) is 0 Å². The number of aliphatic hydroxyl groups is 1. The zero-order valence-corrected chi connectivity index (χ0v) is 13.4. The Morgan fingerprint density at radius 1 is 1.32 bits per heavy atom. The van der Waals surface area contributed by atoms with Crippen LogP contribution < -0.4 is 0 Å². The lowest BCUT2D eigenvalue weighted by Crippen LogP contribution is -2.51. The van der Waals surface area contributed by atoms with Gasteiger partial charge in [0.2, 0.25) is 0 Å². The molecule has 3 saturated carbocycles. The minimum absolute atomic E-state index is 0.0367. The van der Waals surface area contributed by atoms with Crippen molar-refractivity contribution in [2.24, 2.45) is 23.2 Å². The average Bonchev–Trinajstić information content (AvgIpc) is 3.01. The van der Waals surface area contributed by atoms with Crippen LogP contribution in [0, 0.1) is 23.2 Å². The van der Waals surface area contributed by atoms with E-state index >= 15 is 0 Å². The molecule has 1 saturated heterocycles. The molecule has 0 radical (unpaired) electrons. The van der Waals surface area contributed by atoms with Gasteiger partial charge in [-0.3, -0.25) is 4.79 Å². The van der Waals surface area contributed by atoms with Gasteiger partial charge in [0, 0.05) is 9.84 Å². The van der Waals surface area contributed by atoms with Crippen LogP contribution in [0.25, 0.3) is 0 Å². The van der Waals surface area contributed by atoms with Crippen molar-refractivity contribution in [3.8, 4) is 0 Å². The summed E-state index contributed by atoms with van der Waals surface area (Å²) in [5.41, 5.74) is 0.109. The highest BCUT2D eigenvalue weighted by atomic mass is 127. The van der Waals surface area contributed by atoms with E-state index in [9.17, 15) is 9.90 Å². The lowest BCUT2D eigenvalue weighted by atomic mass is 9.56. The van der Waals surface area contributed by atoms with E-state index in [0.717, 1.165) is 19.3 Å². The summed E-state index contributed by atoms with van der Waals surface area (Å²) in [6.45, 7) is 2.14. The number of rotatable bonds is 0. The molecule has 3 unspecified atom stereocenters. The van der Waals surface area contributed by atoms with Gasteiger partial charge in [-0.25, -0.2) is 0 Å². The van der Waals surface area contributed by atoms with Crippen LogP contribution in [-0.2, 0) is 9.53 Å². The molecule has 0 aromatic heterocycles. The number of hydrogen-bond donors (Lipinski definition) is 1. The van der Waals surface area contributed by atoms with E-state index in [0.29, 0.717) is 27.6 Å². The Hall–Kier alpha value is 0.160. The first-order chi connectivity index (χ1) is 8.96. The van der Waals surface area contributed by atoms with E-state index in [4.69, 9.17) is 4.74 Å². The summed E-state index contributed by atoms with van der Waals surface area (Å²) in [6, 6.07) is 0. The maximum Gasteiger partial charge on any atom is 0.310 e. The number of alkyl halides is 1. The van der Waals surface area contributed by atoms with Crippen LogP contribution in [0.2, 0.25) is 0 Å². The third-order valence-electron chi connectivity index (χ3n) is 6.29. The second-order valence-corrected chi connectivity index (χ2v) is 8.94. The zero-order valence-electron chi connectivity index (χ0n) is 11.3. The van der Waals surface area contributed by atoms with Crippen molar-refractivity contribution in [2.75, 3.05) is 0 Å². The van der Waals surface area contributed by atoms with Crippen LogP contribution in [0.4, 0.5) is 0 Å². The Labute approximate surface area is 127 Å². The zero-order chi connectivity index (χ0) is 13.4. The van der Waals surface area contributed by atoms with Crippen LogP contribution in [0.5, 0.6) is 0 Å². The van der Waals surface area contributed by atoms with Gasteiger partial charge in [0.15, 0.2) is 0 Å². The summed E-state index contributed by atoms with van der Waals surface area (Å²) in [7, 11) is 0. The predicted octanol–water partition coefficient (Wildman–Crippen LogP) is 2.68. The Morgan fingerprint density at radius 3 is 2.74 bits per heavy atom. The first kappa shape index (κ1) is 12.9. The first-order valence-corrected chi connectivity index (χ1v) is 8.76. The average molecular weight is 376 g/mol. The molecule has 4 heteroatoms. The number of ether oxygens (including phenoxy) is 1. The van der Waals surface area contributed by atoms with E-state index in [2.05, 4.69) is 29.5 Å². The van der Waals surface area contributed by atoms with Crippen LogP contribution in [0.3, 0.4) is 0 Å². The Kier molecular flexibility index (Phi) is 2.62. The molecule has 1 spiro atoms. The molecule has 4 aliphatic rings. The Morgan fingerprint density at radius 2 is 2.05 bits per heavy atom. The fraction of sp³-hybridized carbons (Fsp3) is 0.933.